The number of hydrogen-bond donors (Lipinski definition) is 3. The number of nitrogens with one attached hydrogen (secondary N) is 2. The van der Waals surface area contributed by atoms with Crippen LogP contribution in [-0.4, -0.2) is 67.9 Å². The number of fused-ring (bicyclic) bond motifs is 1. The number of hydrogen-bond acceptors (Lipinski definition) is 10. The number of benzene rings is 2. The second kappa shape index (κ2) is 13.2. The standard InChI is InChI=1S/C31H32N6O7/c1-3-12-32-29(40)21-7-4-19(2)25(14-21)35-28-26-15-22(16-36(26)34-17-33-28)30(41)37(23-8-9-23)31(42)44-18-43-27(39)13-20-5-10-24(38)11-6-20/h4-7,10-11,14-17,23,38H,3,8-9,12-13,18H2,1-2H3,(H,32,40)(H,33,34,35). The summed E-state index contributed by atoms with van der Waals surface area (Å²) in [6.45, 7) is 3.79. The summed E-state index contributed by atoms with van der Waals surface area (Å²) >= 11 is 0. The van der Waals surface area contributed by atoms with E-state index in [1.165, 1.54) is 29.2 Å². The van der Waals surface area contributed by atoms with Gasteiger partial charge in [0.1, 0.15) is 17.6 Å². The molecule has 13 heteroatoms. The quantitative estimate of drug-likeness (QED) is 0.169. The first kappa shape index (κ1) is 30.0. The van der Waals surface area contributed by atoms with E-state index in [4.69, 9.17) is 9.47 Å². The number of rotatable bonds is 11. The number of imide groups is 1. The minimum absolute atomic E-state index is 0.0741. The number of nitrogens with zero attached hydrogens (tertiary/aromatic N) is 4. The predicted molar refractivity (Wildman–Crippen MR) is 159 cm³/mol. The third-order valence-electron chi connectivity index (χ3n) is 6.96. The molecule has 4 aromatic rings. The topological polar surface area (TPSA) is 164 Å². The van der Waals surface area contributed by atoms with Crippen molar-refractivity contribution in [3.05, 3.63) is 83.3 Å². The van der Waals surface area contributed by atoms with Crippen LogP contribution in [0.3, 0.4) is 0 Å². The van der Waals surface area contributed by atoms with Gasteiger partial charge in [-0.3, -0.25) is 14.4 Å². The van der Waals surface area contributed by atoms with Gasteiger partial charge in [0.05, 0.1) is 12.0 Å². The first-order valence-corrected chi connectivity index (χ1v) is 14.2. The van der Waals surface area contributed by atoms with Crippen LogP contribution in [0.2, 0.25) is 0 Å². The largest absolute Gasteiger partial charge is 0.508 e. The van der Waals surface area contributed by atoms with E-state index in [1.54, 1.807) is 30.3 Å². The Labute approximate surface area is 252 Å². The molecule has 0 aliphatic heterocycles. The summed E-state index contributed by atoms with van der Waals surface area (Å²) < 4.78 is 11.6. The third kappa shape index (κ3) is 7.12. The van der Waals surface area contributed by atoms with Crippen LogP contribution in [-0.2, 0) is 20.7 Å². The molecule has 3 N–H and O–H groups in total. The number of aromatic nitrogens is 3. The Morgan fingerprint density at radius 1 is 1.05 bits per heavy atom. The van der Waals surface area contributed by atoms with E-state index in [1.807, 2.05) is 19.9 Å². The lowest BCUT2D eigenvalue weighted by Crippen LogP contribution is -2.39. The summed E-state index contributed by atoms with van der Waals surface area (Å²) in [5.74, 6) is -0.931. The van der Waals surface area contributed by atoms with Gasteiger partial charge in [-0.15, -0.1) is 0 Å². The first-order valence-electron chi connectivity index (χ1n) is 14.2. The van der Waals surface area contributed by atoms with E-state index in [9.17, 15) is 24.3 Å². The molecule has 1 saturated carbocycles. The molecule has 2 heterocycles. The van der Waals surface area contributed by atoms with Gasteiger partial charge in [0, 0.05) is 30.0 Å². The highest BCUT2D eigenvalue weighted by Gasteiger charge is 2.39. The van der Waals surface area contributed by atoms with Crippen molar-refractivity contribution >= 4 is 40.9 Å². The molecule has 1 aliphatic rings. The first-order chi connectivity index (χ1) is 21.2. The van der Waals surface area contributed by atoms with E-state index in [2.05, 4.69) is 20.7 Å². The molecule has 3 amide bonds. The SMILES string of the molecule is CCCNC(=O)c1ccc(C)c(Nc2ncnn3cc(C(=O)N(C(=O)OCOC(=O)Cc4ccc(O)cc4)C4CC4)cc23)c1. The summed E-state index contributed by atoms with van der Waals surface area (Å²) in [4.78, 5) is 56.4. The maximum absolute atomic E-state index is 13.5. The van der Waals surface area contributed by atoms with E-state index in [-0.39, 0.29) is 29.7 Å². The summed E-state index contributed by atoms with van der Waals surface area (Å²) in [7, 11) is 0. The number of anilines is 2. The molecule has 0 radical (unpaired) electrons. The highest BCUT2D eigenvalue weighted by atomic mass is 16.7. The van der Waals surface area contributed by atoms with Crippen LogP contribution < -0.4 is 10.6 Å². The van der Waals surface area contributed by atoms with Crippen molar-refractivity contribution in [1.29, 1.82) is 0 Å². The summed E-state index contributed by atoms with van der Waals surface area (Å²) in [5.41, 5.74) is 3.31. The molecule has 0 unspecified atom stereocenters. The zero-order valence-electron chi connectivity index (χ0n) is 24.3. The van der Waals surface area contributed by atoms with Gasteiger partial charge in [-0.1, -0.05) is 25.1 Å². The fraction of sp³-hybridized carbons (Fsp3) is 0.290. The molecule has 13 nitrogen and oxygen atoms in total. The van der Waals surface area contributed by atoms with Crippen LogP contribution in [0.4, 0.5) is 16.3 Å². The Bertz CT molecular complexity index is 1700. The molecule has 5 rings (SSSR count). The lowest BCUT2D eigenvalue weighted by Gasteiger charge is -2.19. The molecule has 1 aliphatic carbocycles. The fourth-order valence-electron chi connectivity index (χ4n) is 4.43. The number of carbonyl (C=O) groups is 4. The second-order valence-electron chi connectivity index (χ2n) is 10.4. The summed E-state index contributed by atoms with van der Waals surface area (Å²) in [6.07, 6.45) is 3.90. The van der Waals surface area contributed by atoms with Gasteiger partial charge in [-0.2, -0.15) is 5.10 Å². The number of carbonyl (C=O) groups excluding carboxylic acids is 4. The normalized spacial score (nSPS) is 12.4. The minimum atomic E-state index is -0.927. The highest BCUT2D eigenvalue weighted by Crippen LogP contribution is 2.30. The molecule has 2 aromatic heterocycles. The molecule has 0 bridgehead atoms. The predicted octanol–water partition coefficient (Wildman–Crippen LogP) is 4.11. The number of aryl methyl sites for hydroxylation is 1. The van der Waals surface area contributed by atoms with Crippen molar-refractivity contribution in [1.82, 2.24) is 24.8 Å². The van der Waals surface area contributed by atoms with Crippen LogP contribution in [0.5, 0.6) is 5.75 Å². The molecule has 1 fully saturated rings. The average Bonchev–Trinajstić information content (AvgIpc) is 3.74. The molecule has 0 saturated heterocycles. The molecular formula is C31H32N6O7. The second-order valence-corrected chi connectivity index (χ2v) is 10.4. The van der Waals surface area contributed by atoms with Gasteiger partial charge in [-0.05, 0) is 67.6 Å². The van der Waals surface area contributed by atoms with E-state index < -0.39 is 24.8 Å². The molecule has 228 valence electrons. The number of aromatic hydroxyl groups is 1. The monoisotopic (exact) mass is 600 g/mol. The molecule has 0 atom stereocenters. The minimum Gasteiger partial charge on any atom is -0.508 e. The Hall–Kier alpha value is -5.46. The van der Waals surface area contributed by atoms with Crippen molar-refractivity contribution in [3.8, 4) is 5.75 Å². The lowest BCUT2D eigenvalue weighted by atomic mass is 10.1. The Morgan fingerprint density at radius 2 is 1.82 bits per heavy atom. The Balaban J connectivity index is 1.27. The number of phenols is 1. The van der Waals surface area contributed by atoms with Gasteiger partial charge in [-0.25, -0.2) is 19.2 Å². The molecule has 2 aromatic carbocycles. The average molecular weight is 601 g/mol. The van der Waals surface area contributed by atoms with Crippen LogP contribution >= 0.6 is 0 Å². The summed E-state index contributed by atoms with van der Waals surface area (Å²) in [5, 5.41) is 19.7. The zero-order chi connectivity index (χ0) is 31.2. The van der Waals surface area contributed by atoms with Gasteiger partial charge in [0.15, 0.2) is 5.82 Å². The van der Waals surface area contributed by atoms with Gasteiger partial charge < -0.3 is 25.2 Å². The zero-order valence-corrected chi connectivity index (χ0v) is 24.3. The van der Waals surface area contributed by atoms with Crippen molar-refractivity contribution in [2.24, 2.45) is 0 Å². The maximum atomic E-state index is 13.5. The fourth-order valence-corrected chi connectivity index (χ4v) is 4.43. The van der Waals surface area contributed by atoms with Gasteiger partial charge >= 0.3 is 12.1 Å². The van der Waals surface area contributed by atoms with Gasteiger partial charge in [0.25, 0.3) is 11.8 Å². The van der Waals surface area contributed by atoms with Crippen LogP contribution in [0, 0.1) is 6.92 Å². The van der Waals surface area contributed by atoms with Crippen LogP contribution in [0.25, 0.3) is 5.52 Å². The van der Waals surface area contributed by atoms with Crippen LogP contribution in [0.15, 0.2) is 61.1 Å². The van der Waals surface area contributed by atoms with Crippen LogP contribution in [0.1, 0.15) is 58.0 Å². The van der Waals surface area contributed by atoms with E-state index in [0.29, 0.717) is 47.5 Å². The number of phenolic OH excluding ortho intramolecular Hbond substituents is 1. The van der Waals surface area contributed by atoms with Gasteiger partial charge in [0.2, 0.25) is 6.79 Å². The third-order valence-corrected chi connectivity index (χ3v) is 6.96. The van der Waals surface area contributed by atoms with E-state index >= 15 is 0 Å². The molecule has 0 spiro atoms. The Morgan fingerprint density at radius 3 is 2.55 bits per heavy atom. The maximum Gasteiger partial charge on any atom is 0.419 e. The highest BCUT2D eigenvalue weighted by molar-refractivity contribution is 6.04. The number of ether oxygens (including phenoxy) is 2. The van der Waals surface area contributed by atoms with Crippen molar-refractivity contribution in [2.45, 2.75) is 45.6 Å². The van der Waals surface area contributed by atoms with E-state index in [0.717, 1.165) is 16.9 Å². The molecule has 44 heavy (non-hydrogen) atoms. The smallest absolute Gasteiger partial charge is 0.419 e. The van der Waals surface area contributed by atoms with Crippen molar-refractivity contribution in [2.75, 3.05) is 18.7 Å². The Kier molecular flexibility index (Phi) is 9.03. The summed E-state index contributed by atoms with van der Waals surface area (Å²) in [6, 6.07) is 12.6. The van der Waals surface area contributed by atoms with Crippen molar-refractivity contribution < 1.29 is 33.8 Å². The number of amides is 3. The molecular weight excluding hydrogens is 568 g/mol. The lowest BCUT2D eigenvalue weighted by molar-refractivity contribution is -0.151. The van der Waals surface area contributed by atoms with Crippen molar-refractivity contribution in [3.63, 3.8) is 0 Å². The number of esters is 1.